The summed E-state index contributed by atoms with van der Waals surface area (Å²) in [5, 5.41) is 7.60. The highest BCUT2D eigenvalue weighted by Gasteiger charge is 2.25. The Labute approximate surface area is 124 Å². The highest BCUT2D eigenvalue weighted by Crippen LogP contribution is 2.24. The Morgan fingerprint density at radius 1 is 1.38 bits per heavy atom. The summed E-state index contributed by atoms with van der Waals surface area (Å²) in [6, 6.07) is 2.28. The quantitative estimate of drug-likeness (QED) is 0.906. The third-order valence-corrected chi connectivity index (χ3v) is 4.09. The van der Waals surface area contributed by atoms with Crippen LogP contribution in [0.15, 0.2) is 6.07 Å². The molecule has 1 fully saturated rings. The molecule has 1 aliphatic heterocycles. The van der Waals surface area contributed by atoms with Crippen LogP contribution >= 0.6 is 0 Å². The lowest BCUT2D eigenvalue weighted by Crippen LogP contribution is -2.36. The number of hydrogen-bond donors (Lipinski definition) is 1. The highest BCUT2D eigenvalue weighted by atomic mass is 16.1. The molecule has 1 amide bonds. The molecule has 3 rings (SSSR count). The molecule has 0 spiro atoms. The topological polar surface area (TPSA) is 62.5 Å². The minimum atomic E-state index is 0.0312. The van der Waals surface area contributed by atoms with Gasteiger partial charge in [-0.25, -0.2) is 4.98 Å². The predicted molar refractivity (Wildman–Crippen MR) is 81.6 cm³/mol. The molecule has 6 heteroatoms. The van der Waals surface area contributed by atoms with Crippen LogP contribution in [0.2, 0.25) is 0 Å². The second-order valence-corrected chi connectivity index (χ2v) is 5.83. The van der Waals surface area contributed by atoms with Crippen LogP contribution in [0.25, 0.3) is 5.65 Å². The molecule has 1 atom stereocenters. The molecule has 3 heterocycles. The first kappa shape index (κ1) is 13.9. The van der Waals surface area contributed by atoms with Crippen LogP contribution < -0.4 is 10.2 Å². The van der Waals surface area contributed by atoms with Crippen LogP contribution in [0.1, 0.15) is 30.3 Å². The van der Waals surface area contributed by atoms with E-state index in [0.29, 0.717) is 0 Å². The van der Waals surface area contributed by atoms with Gasteiger partial charge in [-0.3, -0.25) is 4.79 Å². The summed E-state index contributed by atoms with van der Waals surface area (Å²) in [5.41, 5.74) is 4.04. The third-order valence-electron chi connectivity index (χ3n) is 4.09. The van der Waals surface area contributed by atoms with Crippen molar-refractivity contribution in [2.24, 2.45) is 0 Å². The van der Waals surface area contributed by atoms with Gasteiger partial charge in [0, 0.05) is 43.4 Å². The van der Waals surface area contributed by atoms with Crippen LogP contribution in [0.4, 0.5) is 5.82 Å². The first-order valence-electron chi connectivity index (χ1n) is 7.31. The fourth-order valence-electron chi connectivity index (χ4n) is 2.93. The highest BCUT2D eigenvalue weighted by molar-refractivity contribution is 5.73. The number of hydrogen-bond acceptors (Lipinski definition) is 4. The van der Waals surface area contributed by atoms with E-state index < -0.39 is 0 Å². The van der Waals surface area contributed by atoms with E-state index in [4.69, 9.17) is 0 Å². The van der Waals surface area contributed by atoms with Gasteiger partial charge < -0.3 is 10.2 Å². The maximum Gasteiger partial charge on any atom is 0.217 e. The molecule has 2 aromatic rings. The Morgan fingerprint density at radius 2 is 2.14 bits per heavy atom. The predicted octanol–water partition coefficient (Wildman–Crippen LogP) is 1.37. The fourth-order valence-corrected chi connectivity index (χ4v) is 2.93. The summed E-state index contributed by atoms with van der Waals surface area (Å²) in [4.78, 5) is 18.1. The van der Waals surface area contributed by atoms with Gasteiger partial charge in [-0.2, -0.15) is 9.61 Å². The van der Waals surface area contributed by atoms with Gasteiger partial charge >= 0.3 is 0 Å². The van der Waals surface area contributed by atoms with Crippen molar-refractivity contribution in [1.82, 2.24) is 19.9 Å². The molecule has 0 bridgehead atoms. The molecule has 0 aliphatic carbocycles. The lowest BCUT2D eigenvalue weighted by molar-refractivity contribution is -0.119. The zero-order chi connectivity index (χ0) is 15.1. The van der Waals surface area contributed by atoms with Crippen LogP contribution in [0.5, 0.6) is 0 Å². The fraction of sp³-hybridized carbons (Fsp3) is 0.533. The number of nitrogens with zero attached hydrogens (tertiary/aromatic N) is 4. The SMILES string of the molecule is CC(=O)NC1CCN(c2cc(C)nc3c(C)c(C)nn23)C1. The Bertz CT molecular complexity index is 706. The average molecular weight is 287 g/mol. The van der Waals surface area contributed by atoms with Gasteiger partial charge in [0.25, 0.3) is 0 Å². The van der Waals surface area contributed by atoms with Crippen molar-refractivity contribution in [3.63, 3.8) is 0 Å². The van der Waals surface area contributed by atoms with Crippen molar-refractivity contribution >= 4 is 17.4 Å². The molecule has 1 N–H and O–H groups in total. The molecule has 1 aliphatic rings. The molecule has 6 nitrogen and oxygen atoms in total. The molecule has 1 saturated heterocycles. The monoisotopic (exact) mass is 287 g/mol. The van der Waals surface area contributed by atoms with Crippen molar-refractivity contribution in [3.05, 3.63) is 23.0 Å². The molecule has 0 radical (unpaired) electrons. The molecule has 0 saturated carbocycles. The van der Waals surface area contributed by atoms with E-state index in [2.05, 4.69) is 33.3 Å². The maximum absolute atomic E-state index is 11.2. The third kappa shape index (κ3) is 2.46. The van der Waals surface area contributed by atoms with Crippen molar-refractivity contribution in [2.45, 2.75) is 40.2 Å². The molecule has 21 heavy (non-hydrogen) atoms. The summed E-state index contributed by atoms with van der Waals surface area (Å²) in [6.07, 6.45) is 0.960. The Morgan fingerprint density at radius 3 is 2.86 bits per heavy atom. The second kappa shape index (κ2) is 5.02. The Hall–Kier alpha value is -2.11. The number of fused-ring (bicyclic) bond motifs is 1. The molecule has 2 aromatic heterocycles. The van der Waals surface area contributed by atoms with E-state index in [0.717, 1.165) is 47.9 Å². The standard InChI is InChI=1S/C15H21N5O/c1-9-7-14(19-6-5-13(8-19)17-12(4)21)20-15(16-9)10(2)11(3)18-20/h7,13H,5-6,8H2,1-4H3,(H,17,21). The summed E-state index contributed by atoms with van der Waals surface area (Å²) < 4.78 is 1.92. The van der Waals surface area contributed by atoms with E-state index in [9.17, 15) is 4.79 Å². The first-order chi connectivity index (χ1) is 9.95. The van der Waals surface area contributed by atoms with Crippen molar-refractivity contribution in [3.8, 4) is 0 Å². The lowest BCUT2D eigenvalue weighted by Gasteiger charge is -2.20. The zero-order valence-electron chi connectivity index (χ0n) is 13.0. The van der Waals surface area contributed by atoms with Crippen molar-refractivity contribution in [2.75, 3.05) is 18.0 Å². The molecular weight excluding hydrogens is 266 g/mol. The van der Waals surface area contributed by atoms with Gasteiger partial charge in [0.2, 0.25) is 5.91 Å². The average Bonchev–Trinajstić information content (AvgIpc) is 2.96. The van der Waals surface area contributed by atoms with Gasteiger partial charge in [0.05, 0.1) is 5.69 Å². The van der Waals surface area contributed by atoms with Crippen LogP contribution in [0.3, 0.4) is 0 Å². The molecule has 0 aromatic carbocycles. The van der Waals surface area contributed by atoms with Gasteiger partial charge in [0.1, 0.15) is 5.82 Å². The maximum atomic E-state index is 11.2. The number of carbonyl (C=O) groups is 1. The largest absolute Gasteiger partial charge is 0.354 e. The minimum Gasteiger partial charge on any atom is -0.354 e. The molecule has 112 valence electrons. The van der Waals surface area contributed by atoms with Gasteiger partial charge in [-0.15, -0.1) is 0 Å². The minimum absolute atomic E-state index is 0.0312. The molecule has 1 unspecified atom stereocenters. The van der Waals surface area contributed by atoms with E-state index in [-0.39, 0.29) is 11.9 Å². The second-order valence-electron chi connectivity index (χ2n) is 5.83. The van der Waals surface area contributed by atoms with Gasteiger partial charge in [-0.1, -0.05) is 0 Å². The van der Waals surface area contributed by atoms with Gasteiger partial charge in [0.15, 0.2) is 5.65 Å². The van der Waals surface area contributed by atoms with Crippen LogP contribution in [-0.4, -0.2) is 39.6 Å². The number of aryl methyl sites for hydroxylation is 3. The summed E-state index contributed by atoms with van der Waals surface area (Å²) in [7, 11) is 0. The van der Waals surface area contributed by atoms with E-state index in [1.54, 1.807) is 6.92 Å². The van der Waals surface area contributed by atoms with Crippen LogP contribution in [-0.2, 0) is 4.79 Å². The summed E-state index contributed by atoms with van der Waals surface area (Å²) in [5.74, 6) is 1.09. The Kier molecular flexibility index (Phi) is 3.31. The van der Waals surface area contributed by atoms with E-state index in [1.165, 1.54) is 0 Å². The van der Waals surface area contributed by atoms with E-state index >= 15 is 0 Å². The molecular formula is C15H21N5O. The number of aromatic nitrogens is 3. The van der Waals surface area contributed by atoms with Crippen LogP contribution in [0, 0.1) is 20.8 Å². The smallest absolute Gasteiger partial charge is 0.217 e. The number of nitrogens with one attached hydrogen (secondary N) is 1. The number of amides is 1. The summed E-state index contributed by atoms with van der Waals surface area (Å²) in [6.45, 7) is 9.37. The number of rotatable bonds is 2. The normalized spacial score (nSPS) is 18.5. The lowest BCUT2D eigenvalue weighted by atomic mass is 10.2. The first-order valence-corrected chi connectivity index (χ1v) is 7.31. The van der Waals surface area contributed by atoms with E-state index in [1.807, 2.05) is 18.4 Å². The number of anilines is 1. The number of carbonyl (C=O) groups excluding carboxylic acids is 1. The van der Waals surface area contributed by atoms with Crippen molar-refractivity contribution in [1.29, 1.82) is 0 Å². The Balaban J connectivity index is 1.97. The zero-order valence-corrected chi connectivity index (χ0v) is 13.0. The van der Waals surface area contributed by atoms with Gasteiger partial charge in [-0.05, 0) is 27.2 Å². The van der Waals surface area contributed by atoms with Crippen molar-refractivity contribution < 1.29 is 4.79 Å². The summed E-state index contributed by atoms with van der Waals surface area (Å²) >= 11 is 0.